The molecule has 1 atom stereocenters. The zero-order valence-corrected chi connectivity index (χ0v) is 14.0. The zero-order chi connectivity index (χ0) is 14.2. The first-order chi connectivity index (χ1) is 9.35. The van der Waals surface area contributed by atoms with Crippen molar-refractivity contribution in [1.82, 2.24) is 5.32 Å². The van der Waals surface area contributed by atoms with Crippen molar-refractivity contribution in [3.8, 4) is 0 Å². The van der Waals surface area contributed by atoms with Crippen LogP contribution in [0.4, 0.5) is 0 Å². The minimum atomic E-state index is 0.920. The van der Waals surface area contributed by atoms with Gasteiger partial charge in [0.1, 0.15) is 0 Å². The van der Waals surface area contributed by atoms with Crippen molar-refractivity contribution in [2.45, 2.75) is 97.3 Å². The molecule has 0 aromatic heterocycles. The number of nitrogens with one attached hydrogen (secondary N) is 1. The van der Waals surface area contributed by atoms with Crippen LogP contribution in [0.2, 0.25) is 0 Å². The molecule has 19 heavy (non-hydrogen) atoms. The van der Waals surface area contributed by atoms with Gasteiger partial charge in [0.2, 0.25) is 0 Å². The minimum absolute atomic E-state index is 0.920. The van der Waals surface area contributed by atoms with Crippen molar-refractivity contribution >= 4 is 0 Å². The molecular formula is C18H39N. The number of unbranched alkanes of at least 4 members (excludes halogenated alkanes) is 9. The van der Waals surface area contributed by atoms with Crippen molar-refractivity contribution in [2.75, 3.05) is 13.6 Å². The van der Waals surface area contributed by atoms with E-state index in [1.807, 2.05) is 0 Å². The molecule has 1 nitrogen and oxygen atoms in total. The number of hydrogen-bond donors (Lipinski definition) is 1. The highest BCUT2D eigenvalue weighted by molar-refractivity contribution is 4.61. The van der Waals surface area contributed by atoms with E-state index in [4.69, 9.17) is 0 Å². The van der Waals surface area contributed by atoms with Crippen LogP contribution in [-0.2, 0) is 0 Å². The SMILES string of the molecule is CCCCCCCCCCCCC(CCC)CNC. The van der Waals surface area contributed by atoms with Gasteiger partial charge in [0.05, 0.1) is 0 Å². The summed E-state index contributed by atoms with van der Waals surface area (Å²) in [6.07, 6.45) is 18.7. The fourth-order valence-electron chi connectivity index (χ4n) is 2.97. The molecule has 0 radical (unpaired) electrons. The summed E-state index contributed by atoms with van der Waals surface area (Å²) in [5.41, 5.74) is 0. The van der Waals surface area contributed by atoms with Crippen LogP contribution >= 0.6 is 0 Å². The molecule has 0 aliphatic carbocycles. The molecule has 0 bridgehead atoms. The lowest BCUT2D eigenvalue weighted by Gasteiger charge is -2.15. The van der Waals surface area contributed by atoms with Crippen molar-refractivity contribution in [1.29, 1.82) is 0 Å². The van der Waals surface area contributed by atoms with E-state index >= 15 is 0 Å². The molecule has 0 amide bonds. The van der Waals surface area contributed by atoms with E-state index < -0.39 is 0 Å². The summed E-state index contributed by atoms with van der Waals surface area (Å²) in [6, 6.07) is 0. The highest BCUT2D eigenvalue weighted by atomic mass is 14.8. The molecule has 1 N–H and O–H groups in total. The van der Waals surface area contributed by atoms with Crippen LogP contribution in [0.3, 0.4) is 0 Å². The van der Waals surface area contributed by atoms with E-state index in [0.29, 0.717) is 0 Å². The van der Waals surface area contributed by atoms with Crippen LogP contribution < -0.4 is 5.32 Å². The van der Waals surface area contributed by atoms with E-state index in [2.05, 4.69) is 26.2 Å². The largest absolute Gasteiger partial charge is 0.319 e. The van der Waals surface area contributed by atoms with E-state index in [1.165, 1.54) is 90.0 Å². The lowest BCUT2D eigenvalue weighted by atomic mass is 9.96. The summed E-state index contributed by atoms with van der Waals surface area (Å²) in [5.74, 6) is 0.920. The Balaban J connectivity index is 3.20. The van der Waals surface area contributed by atoms with Crippen molar-refractivity contribution < 1.29 is 0 Å². The van der Waals surface area contributed by atoms with E-state index in [9.17, 15) is 0 Å². The first kappa shape index (κ1) is 19.0. The summed E-state index contributed by atoms with van der Waals surface area (Å²) >= 11 is 0. The summed E-state index contributed by atoms with van der Waals surface area (Å²) in [5, 5.41) is 3.34. The molecule has 0 saturated heterocycles. The topological polar surface area (TPSA) is 12.0 Å². The Bertz CT molecular complexity index is 150. The lowest BCUT2D eigenvalue weighted by molar-refractivity contribution is 0.405. The quantitative estimate of drug-likeness (QED) is 0.363. The molecule has 116 valence electrons. The van der Waals surface area contributed by atoms with Crippen LogP contribution in [-0.4, -0.2) is 13.6 Å². The van der Waals surface area contributed by atoms with Gasteiger partial charge in [-0.1, -0.05) is 84.5 Å². The molecule has 0 aliphatic rings. The Morgan fingerprint density at radius 3 is 1.63 bits per heavy atom. The third-order valence-electron chi connectivity index (χ3n) is 4.16. The van der Waals surface area contributed by atoms with Crippen molar-refractivity contribution in [3.63, 3.8) is 0 Å². The minimum Gasteiger partial charge on any atom is -0.319 e. The van der Waals surface area contributed by atoms with Crippen molar-refractivity contribution in [3.05, 3.63) is 0 Å². The van der Waals surface area contributed by atoms with Gasteiger partial charge in [0, 0.05) is 0 Å². The average molecular weight is 270 g/mol. The monoisotopic (exact) mass is 269 g/mol. The van der Waals surface area contributed by atoms with Gasteiger partial charge in [0.25, 0.3) is 0 Å². The summed E-state index contributed by atoms with van der Waals surface area (Å²) in [4.78, 5) is 0. The Morgan fingerprint density at radius 2 is 1.16 bits per heavy atom. The average Bonchev–Trinajstić information content (AvgIpc) is 2.41. The Hall–Kier alpha value is -0.0400. The molecule has 1 heteroatoms. The molecule has 0 saturated carbocycles. The van der Waals surface area contributed by atoms with Crippen LogP contribution in [0.5, 0.6) is 0 Å². The summed E-state index contributed by atoms with van der Waals surface area (Å²) in [6.45, 7) is 5.81. The maximum atomic E-state index is 3.34. The van der Waals surface area contributed by atoms with Gasteiger partial charge in [-0.15, -0.1) is 0 Å². The van der Waals surface area contributed by atoms with Gasteiger partial charge in [-0.3, -0.25) is 0 Å². The maximum absolute atomic E-state index is 3.34. The predicted molar refractivity (Wildman–Crippen MR) is 88.8 cm³/mol. The van der Waals surface area contributed by atoms with E-state index in [0.717, 1.165) is 5.92 Å². The summed E-state index contributed by atoms with van der Waals surface area (Å²) in [7, 11) is 2.08. The molecule has 0 spiro atoms. The first-order valence-corrected chi connectivity index (χ1v) is 8.99. The van der Waals surface area contributed by atoms with Gasteiger partial charge in [-0.05, 0) is 32.4 Å². The molecule has 0 rings (SSSR count). The number of rotatable bonds is 15. The highest BCUT2D eigenvalue weighted by Crippen LogP contribution is 2.16. The van der Waals surface area contributed by atoms with Crippen molar-refractivity contribution in [2.24, 2.45) is 5.92 Å². The van der Waals surface area contributed by atoms with Gasteiger partial charge in [-0.2, -0.15) is 0 Å². The molecular weight excluding hydrogens is 230 g/mol. The third kappa shape index (κ3) is 14.2. The van der Waals surface area contributed by atoms with E-state index in [1.54, 1.807) is 0 Å². The van der Waals surface area contributed by atoms with Gasteiger partial charge in [-0.25, -0.2) is 0 Å². The Kier molecular flexibility index (Phi) is 16.0. The Labute approximate surface area is 122 Å². The predicted octanol–water partition coefficient (Wildman–Crippen LogP) is 5.93. The standard InChI is InChI=1S/C18H39N/c1-4-6-7-8-9-10-11-12-13-14-16-18(15-5-2)17-19-3/h18-19H,4-17H2,1-3H3. The maximum Gasteiger partial charge on any atom is -0.00235 e. The molecule has 0 aromatic carbocycles. The first-order valence-electron chi connectivity index (χ1n) is 8.99. The van der Waals surface area contributed by atoms with Crippen LogP contribution in [0.1, 0.15) is 97.3 Å². The van der Waals surface area contributed by atoms with Crippen LogP contribution in [0.25, 0.3) is 0 Å². The normalized spacial score (nSPS) is 12.8. The second-order valence-corrected chi connectivity index (χ2v) is 6.18. The zero-order valence-electron chi connectivity index (χ0n) is 14.0. The second-order valence-electron chi connectivity index (χ2n) is 6.18. The lowest BCUT2D eigenvalue weighted by Crippen LogP contribution is -2.18. The highest BCUT2D eigenvalue weighted by Gasteiger charge is 2.05. The smallest absolute Gasteiger partial charge is 0.00235 e. The molecule has 0 aromatic rings. The van der Waals surface area contributed by atoms with Crippen LogP contribution in [0.15, 0.2) is 0 Å². The van der Waals surface area contributed by atoms with Gasteiger partial charge >= 0.3 is 0 Å². The molecule has 1 unspecified atom stereocenters. The third-order valence-corrected chi connectivity index (χ3v) is 4.16. The van der Waals surface area contributed by atoms with Gasteiger partial charge < -0.3 is 5.32 Å². The van der Waals surface area contributed by atoms with Crippen LogP contribution in [0, 0.1) is 5.92 Å². The van der Waals surface area contributed by atoms with Gasteiger partial charge in [0.15, 0.2) is 0 Å². The van der Waals surface area contributed by atoms with E-state index in [-0.39, 0.29) is 0 Å². The second kappa shape index (κ2) is 16.0. The summed E-state index contributed by atoms with van der Waals surface area (Å²) < 4.78 is 0. The fourth-order valence-corrected chi connectivity index (χ4v) is 2.97. The molecule has 0 aliphatic heterocycles. The number of hydrogen-bond acceptors (Lipinski definition) is 1. The molecule has 0 fully saturated rings. The Morgan fingerprint density at radius 1 is 0.632 bits per heavy atom. The molecule has 0 heterocycles. The fraction of sp³-hybridized carbons (Fsp3) is 1.00.